The molecule has 0 rings (SSSR count). The topological polar surface area (TPSA) is 160 Å². The van der Waals surface area contributed by atoms with Crippen molar-refractivity contribution in [3.05, 3.63) is 0 Å². The zero-order chi connectivity index (χ0) is 27.0. The molecule has 0 aromatic rings. The van der Waals surface area contributed by atoms with Crippen LogP contribution in [0.5, 0.6) is 0 Å². The van der Waals surface area contributed by atoms with Gasteiger partial charge in [-0.1, -0.05) is 20.3 Å². The molecule has 3 N–H and O–H groups in total. The van der Waals surface area contributed by atoms with Crippen molar-refractivity contribution >= 4 is 32.3 Å². The average molecular weight is 572 g/mol. The number of ether oxygens (including phenoxy) is 2. The van der Waals surface area contributed by atoms with Gasteiger partial charge in [0.05, 0.1) is 53.4 Å². The summed E-state index contributed by atoms with van der Waals surface area (Å²) >= 11 is 5.00. The predicted octanol–water partition coefficient (Wildman–Crippen LogP) is 2.56. The number of phosphoric ester groups is 1. The number of hydrogen-bond acceptors (Lipinski definition) is 12. The maximum Gasteiger partial charge on any atom is 0.472 e. The minimum atomic E-state index is -4.25. The van der Waals surface area contributed by atoms with Gasteiger partial charge in [-0.3, -0.25) is 13.8 Å². The maximum atomic E-state index is 11.9. The van der Waals surface area contributed by atoms with E-state index in [4.69, 9.17) is 44.1 Å². The number of nitrogens with one attached hydrogen (secondary N) is 1. The number of rotatable bonds is 23. The largest absolute Gasteiger partial charge is 0.472 e. The van der Waals surface area contributed by atoms with E-state index in [1.165, 1.54) is 21.1 Å². The summed E-state index contributed by atoms with van der Waals surface area (Å²) in [6, 6.07) is 0. The summed E-state index contributed by atoms with van der Waals surface area (Å²) in [4.78, 5) is 25.0. The summed E-state index contributed by atoms with van der Waals surface area (Å²) < 4.78 is 47.2. The maximum absolute atomic E-state index is 11.9. The van der Waals surface area contributed by atoms with Crippen LogP contribution in [-0.2, 0) is 58.3 Å². The van der Waals surface area contributed by atoms with E-state index in [1.54, 1.807) is 0 Å². The second-order valence-electron chi connectivity index (χ2n) is 6.55. The van der Waals surface area contributed by atoms with Crippen molar-refractivity contribution in [2.75, 3.05) is 73.6 Å². The molecule has 0 spiro atoms. The lowest BCUT2D eigenvalue weighted by Crippen LogP contribution is -2.21. The first-order chi connectivity index (χ1) is 16.7. The van der Waals surface area contributed by atoms with Crippen LogP contribution >= 0.6 is 14.5 Å². The SMILES string of the molecule is CC.COOP(=S)(OC)OCCOCCOCCOP(=O)(O)OCC(CO)CCCCNC(C)=O. The van der Waals surface area contributed by atoms with Crippen LogP contribution in [0.15, 0.2) is 0 Å². The van der Waals surface area contributed by atoms with Crippen molar-refractivity contribution in [3.8, 4) is 0 Å². The molecule has 0 aliphatic heterocycles. The molecular formula is C19H43NO12P2S. The average Bonchev–Trinajstić information content (AvgIpc) is 2.83. The Morgan fingerprint density at radius 2 is 1.54 bits per heavy atom. The number of carbonyl (C=O) groups is 1. The Kier molecular flexibility index (Phi) is 25.8. The third kappa shape index (κ3) is 24.1. The number of hydrogen-bond donors (Lipinski definition) is 3. The fourth-order valence-electron chi connectivity index (χ4n) is 2.22. The first-order valence-corrected chi connectivity index (χ1v) is 15.4. The second kappa shape index (κ2) is 24.3. The van der Waals surface area contributed by atoms with Crippen LogP contribution in [0.3, 0.4) is 0 Å². The second-order valence-corrected chi connectivity index (χ2v) is 11.0. The van der Waals surface area contributed by atoms with Crippen molar-refractivity contribution in [1.82, 2.24) is 5.32 Å². The lowest BCUT2D eigenvalue weighted by atomic mass is 10.0. The summed E-state index contributed by atoms with van der Waals surface area (Å²) in [5.74, 6) is -0.403. The van der Waals surface area contributed by atoms with Gasteiger partial charge < -0.3 is 33.8 Å². The van der Waals surface area contributed by atoms with Crippen molar-refractivity contribution in [1.29, 1.82) is 0 Å². The van der Waals surface area contributed by atoms with Crippen LogP contribution in [0.2, 0.25) is 0 Å². The lowest BCUT2D eigenvalue weighted by Gasteiger charge is -2.17. The molecule has 16 heteroatoms. The monoisotopic (exact) mass is 571 g/mol. The molecule has 212 valence electrons. The quantitative estimate of drug-likeness (QED) is 0.0711. The van der Waals surface area contributed by atoms with Gasteiger partial charge in [-0.25, -0.2) is 9.45 Å². The van der Waals surface area contributed by atoms with Gasteiger partial charge in [0.25, 0.3) is 0 Å². The summed E-state index contributed by atoms with van der Waals surface area (Å²) in [7, 11) is -1.59. The molecule has 0 aromatic carbocycles. The third-order valence-corrected chi connectivity index (χ3v) is 7.07. The minimum Gasteiger partial charge on any atom is -0.396 e. The summed E-state index contributed by atoms with van der Waals surface area (Å²) in [6.45, 7) is 3.54. The van der Waals surface area contributed by atoms with Crippen LogP contribution in [0.25, 0.3) is 0 Å². The molecular weight excluding hydrogens is 528 g/mol. The first kappa shape index (κ1) is 37.1. The highest BCUT2D eigenvalue weighted by atomic mass is 32.5. The van der Waals surface area contributed by atoms with Gasteiger partial charge in [0.2, 0.25) is 5.91 Å². The molecule has 13 nitrogen and oxygen atoms in total. The highest BCUT2D eigenvalue weighted by Crippen LogP contribution is 2.48. The van der Waals surface area contributed by atoms with E-state index in [2.05, 4.69) is 10.2 Å². The molecule has 0 heterocycles. The Morgan fingerprint density at radius 3 is 2.06 bits per heavy atom. The van der Waals surface area contributed by atoms with Crippen molar-refractivity contribution in [2.45, 2.75) is 40.0 Å². The van der Waals surface area contributed by atoms with E-state index in [-0.39, 0.29) is 64.7 Å². The van der Waals surface area contributed by atoms with E-state index >= 15 is 0 Å². The van der Waals surface area contributed by atoms with E-state index in [0.717, 1.165) is 12.8 Å². The van der Waals surface area contributed by atoms with Gasteiger partial charge in [0, 0.05) is 33.1 Å². The molecule has 3 unspecified atom stereocenters. The Labute approximate surface area is 213 Å². The van der Waals surface area contributed by atoms with Crippen LogP contribution in [0, 0.1) is 5.92 Å². The standard InChI is InChI=1S/C17H37NO12P2S.C2H6/c1-16(20)18-7-5-4-6-17(14-19)15-29-31(21,22)27-12-10-25-8-9-26-11-13-28-32(33,24-3)30-23-2;1-2/h17,19H,4-15H2,1-3H3,(H,18,20)(H,21,22);1-2H3. The number of unbranched alkanes of at least 4 members (excludes halogenated alkanes) is 1. The number of aliphatic hydroxyl groups is 1. The van der Waals surface area contributed by atoms with E-state index in [9.17, 15) is 19.4 Å². The zero-order valence-electron chi connectivity index (χ0n) is 21.3. The summed E-state index contributed by atoms with van der Waals surface area (Å²) in [5.41, 5.74) is 0. The fraction of sp³-hybridized carbons (Fsp3) is 0.947. The van der Waals surface area contributed by atoms with E-state index < -0.39 is 14.5 Å². The highest BCUT2D eigenvalue weighted by Gasteiger charge is 2.23. The van der Waals surface area contributed by atoms with Gasteiger partial charge in [-0.15, -0.1) is 4.67 Å². The van der Waals surface area contributed by atoms with Gasteiger partial charge >= 0.3 is 14.5 Å². The molecule has 0 saturated carbocycles. The zero-order valence-corrected chi connectivity index (χ0v) is 23.9. The minimum absolute atomic E-state index is 0.0620. The molecule has 0 saturated heterocycles. The number of amides is 1. The van der Waals surface area contributed by atoms with E-state index in [1.807, 2.05) is 13.8 Å². The van der Waals surface area contributed by atoms with Crippen molar-refractivity contribution in [2.24, 2.45) is 5.92 Å². The van der Waals surface area contributed by atoms with Crippen LogP contribution < -0.4 is 5.32 Å². The Bertz CT molecular complexity index is 602. The van der Waals surface area contributed by atoms with Gasteiger partial charge in [0.15, 0.2) is 0 Å². The molecule has 0 radical (unpaired) electrons. The smallest absolute Gasteiger partial charge is 0.396 e. The Morgan fingerprint density at radius 1 is 0.971 bits per heavy atom. The molecule has 0 bridgehead atoms. The summed E-state index contributed by atoms with van der Waals surface area (Å²) in [6.07, 6.45) is 2.06. The summed E-state index contributed by atoms with van der Waals surface area (Å²) in [5, 5.41) is 12.0. The van der Waals surface area contributed by atoms with Gasteiger partial charge in [-0.05, 0) is 24.6 Å². The van der Waals surface area contributed by atoms with Gasteiger partial charge in [0.1, 0.15) is 0 Å². The van der Waals surface area contributed by atoms with Crippen LogP contribution in [0.1, 0.15) is 40.0 Å². The molecule has 35 heavy (non-hydrogen) atoms. The molecule has 0 aliphatic rings. The normalized spacial score (nSPS) is 15.4. The molecule has 1 amide bonds. The Hall–Kier alpha value is -0.0500. The Balaban J connectivity index is 0. The molecule has 0 aromatic heterocycles. The fourth-order valence-corrected chi connectivity index (χ4v) is 4.10. The highest BCUT2D eigenvalue weighted by molar-refractivity contribution is 8.07. The van der Waals surface area contributed by atoms with Gasteiger partial charge in [-0.2, -0.15) is 0 Å². The number of phosphoric acid groups is 1. The number of carbonyl (C=O) groups excluding carboxylic acids is 1. The lowest BCUT2D eigenvalue weighted by molar-refractivity contribution is -0.190. The van der Waals surface area contributed by atoms with Crippen molar-refractivity contribution in [3.63, 3.8) is 0 Å². The first-order valence-electron chi connectivity index (χ1n) is 11.3. The van der Waals surface area contributed by atoms with Crippen LogP contribution in [-0.4, -0.2) is 89.5 Å². The third-order valence-electron chi connectivity index (χ3n) is 3.87. The predicted molar refractivity (Wildman–Crippen MR) is 133 cm³/mol. The van der Waals surface area contributed by atoms with Crippen LogP contribution in [0.4, 0.5) is 0 Å². The van der Waals surface area contributed by atoms with E-state index in [0.29, 0.717) is 13.0 Å². The number of aliphatic hydroxyl groups excluding tert-OH is 1. The molecule has 3 atom stereocenters. The molecule has 0 fully saturated rings. The van der Waals surface area contributed by atoms with Crippen molar-refractivity contribution < 1.29 is 56.5 Å². The molecule has 0 aliphatic carbocycles.